The molecule has 0 aromatic heterocycles. The van der Waals surface area contributed by atoms with Crippen LogP contribution in [-0.4, -0.2) is 150 Å². The molecule has 0 aliphatic carbocycles. The summed E-state index contributed by atoms with van der Waals surface area (Å²) in [6.07, 6.45) is 0.361. The molecule has 64 heavy (non-hydrogen) atoms. The van der Waals surface area contributed by atoms with Crippen molar-refractivity contribution >= 4 is 144 Å². The normalized spacial score (nSPS) is 16.1. The first-order chi connectivity index (χ1) is 28.5. The van der Waals surface area contributed by atoms with Crippen LogP contribution in [0, 0.1) is 0 Å². The topological polar surface area (TPSA) is 129 Å². The van der Waals surface area contributed by atoms with E-state index in [1.807, 2.05) is 0 Å². The van der Waals surface area contributed by atoms with Gasteiger partial charge in [0.1, 0.15) is 10.9 Å². The Kier molecular flexibility index (Phi) is 23.1. The molecule has 29 heteroatoms. The Labute approximate surface area is 417 Å². The Morgan fingerprint density at radius 2 is 0.844 bits per heavy atom. The van der Waals surface area contributed by atoms with Gasteiger partial charge in [-0.1, -0.05) is 20.8 Å². The van der Waals surface area contributed by atoms with Crippen molar-refractivity contribution in [3.8, 4) is 28.7 Å². The lowest BCUT2D eigenvalue weighted by atomic mass is 10.1. The molecule has 0 aliphatic heterocycles. The van der Waals surface area contributed by atoms with Crippen molar-refractivity contribution < 1.29 is 60.7 Å². The molecule has 0 fully saturated rings. The highest BCUT2D eigenvalue weighted by atomic mass is 28.4. The van der Waals surface area contributed by atoms with Crippen molar-refractivity contribution in [3.63, 3.8) is 0 Å². The van der Waals surface area contributed by atoms with Crippen LogP contribution in [0.1, 0.15) is 33.3 Å². The predicted molar refractivity (Wildman–Crippen MR) is 308 cm³/mol. The Morgan fingerprint density at radius 1 is 0.469 bits per heavy atom. The molecule has 0 N–H and O–H groups in total. The lowest BCUT2D eigenvalue weighted by Crippen LogP contribution is -2.76. The molecule has 0 amide bonds. The van der Waals surface area contributed by atoms with Crippen molar-refractivity contribution in [1.82, 2.24) is 0 Å². The van der Waals surface area contributed by atoms with Crippen LogP contribution in [0.25, 0.3) is 5.76 Å². The van der Waals surface area contributed by atoms with Gasteiger partial charge >= 0.3 is 30.0 Å². The minimum absolute atomic E-state index is 0.314. The van der Waals surface area contributed by atoms with Gasteiger partial charge in [-0.2, -0.15) is 0 Å². The summed E-state index contributed by atoms with van der Waals surface area (Å²) in [6.45, 7) is 52.8. The fourth-order valence-corrected chi connectivity index (χ4v) is 33.0. The van der Waals surface area contributed by atoms with Gasteiger partial charge in [-0.25, -0.2) is 0 Å². The average molecular weight is 1160 g/mol. The molecule has 0 saturated carbocycles. The molecule has 376 valence electrons. The maximum Gasteiger partial charge on any atom is 0.356 e. The average Bonchev–Trinajstić information content (AvgIpc) is 3.05. The van der Waals surface area contributed by atoms with Crippen LogP contribution >= 0.6 is 0 Å². The van der Waals surface area contributed by atoms with Gasteiger partial charge in [0.15, 0.2) is 89.8 Å². The standard InChI is InChI=1S/C35H92O14Si15/c1-34(2,3)64(25-36-57(5,6)7,35(4,44-58(8,9)10)45-59(11,12)13)49-63(23,24)33(43-56-48-62(20,21)22)29(42-55-47-61(17,18)19)26-27(37-50)30(38-51)32(40-53)31(39-52)28(26)41-54-46-60(14,15)16/h25,54-56H2,1-24,50-53H3. The molecule has 1 atom stereocenters. The van der Waals surface area contributed by atoms with E-state index in [2.05, 4.69) is 159 Å². The van der Waals surface area contributed by atoms with E-state index >= 15 is 0 Å². The molecule has 0 radical (unpaired) electrons. The maximum atomic E-state index is 8.25. The summed E-state index contributed by atoms with van der Waals surface area (Å²) in [6, 6.07) is 0. The highest BCUT2D eigenvalue weighted by Gasteiger charge is 2.66. The molecule has 1 aromatic carbocycles. The first-order valence-electron chi connectivity index (χ1n) is 22.2. The molecule has 0 saturated heterocycles. The molecule has 0 spiro atoms. The summed E-state index contributed by atoms with van der Waals surface area (Å²) in [7, 11) is -23.4. The summed E-state index contributed by atoms with van der Waals surface area (Å²) < 4.78 is 96.6. The van der Waals surface area contributed by atoms with E-state index in [-0.39, 0.29) is 0 Å². The van der Waals surface area contributed by atoms with Gasteiger partial charge in [0.2, 0.25) is 50.3 Å². The molecule has 14 nitrogen and oxygen atoms in total. The summed E-state index contributed by atoms with van der Waals surface area (Å²) in [5.74, 6) is 2.63. The fourth-order valence-electron chi connectivity index (χ4n) is 6.75. The lowest BCUT2D eigenvalue weighted by molar-refractivity contribution is -0.0649. The van der Waals surface area contributed by atoms with Crippen LogP contribution in [-0.2, 0) is 38.6 Å². The van der Waals surface area contributed by atoms with E-state index in [0.717, 1.165) is 0 Å². The number of hydrogen-bond donors (Lipinski definition) is 0. The number of hydrogen-bond acceptors (Lipinski definition) is 14. The zero-order valence-electron chi connectivity index (χ0n) is 45.5. The Hall–Kier alpha value is 0.533. The zero-order chi connectivity index (χ0) is 50.3. The third-order valence-electron chi connectivity index (χ3n) is 9.25. The number of benzene rings is 1. The molecular formula is C35H92O14Si15. The summed E-state index contributed by atoms with van der Waals surface area (Å²) in [4.78, 5) is 0. The van der Waals surface area contributed by atoms with Gasteiger partial charge in [-0.05, 0) is 143 Å². The Morgan fingerprint density at radius 3 is 1.20 bits per heavy atom. The SMILES string of the molecule is CC(C)(C)[Si](CO[Si](C)(C)C)(O[Si](C)(C)C(O[SiH2]O[Si](C)(C)C)=C(O[SiH2]O[Si](C)(C)C)c1c(O[SiH3])c(O[SiH3])c(O[SiH3])c(O[SiH3])c1O[SiH2]O[Si](C)(C)C)C(C)(O[Si](C)(C)C)O[Si](C)(C)C. The highest BCUT2D eigenvalue weighted by molar-refractivity contribution is 6.93. The van der Waals surface area contributed by atoms with Crippen LogP contribution in [0.4, 0.5) is 0 Å². The van der Waals surface area contributed by atoms with Gasteiger partial charge < -0.3 is 60.7 Å². The first-order valence-corrected chi connectivity index (χ1v) is 54.4. The van der Waals surface area contributed by atoms with Crippen molar-refractivity contribution in [2.45, 2.75) is 169 Å². The third kappa shape index (κ3) is 19.4. The van der Waals surface area contributed by atoms with E-state index < -0.39 is 107 Å². The van der Waals surface area contributed by atoms with Crippen molar-refractivity contribution in [1.29, 1.82) is 0 Å². The largest absolute Gasteiger partial charge is 0.550 e. The van der Waals surface area contributed by atoms with Crippen LogP contribution < -0.4 is 22.1 Å². The third-order valence-corrected chi connectivity index (χ3v) is 37.5. The molecule has 0 aliphatic rings. The summed E-state index contributed by atoms with van der Waals surface area (Å²) in [5.41, 5.74) is -0.587. The van der Waals surface area contributed by atoms with E-state index in [4.69, 9.17) is 60.7 Å². The van der Waals surface area contributed by atoms with Gasteiger partial charge in [0.25, 0.3) is 8.32 Å². The smallest absolute Gasteiger partial charge is 0.356 e. The molecule has 0 bridgehead atoms. The van der Waals surface area contributed by atoms with Gasteiger partial charge in [0.05, 0.1) is 6.23 Å². The van der Waals surface area contributed by atoms with Crippen LogP contribution in [0.3, 0.4) is 0 Å². The Bertz CT molecular complexity index is 1680. The number of rotatable bonds is 28. The molecule has 1 aromatic rings. The first kappa shape index (κ1) is 62.5. The van der Waals surface area contributed by atoms with Gasteiger partial charge in [0, 0.05) is 0 Å². The lowest BCUT2D eigenvalue weighted by Gasteiger charge is -2.58. The fraction of sp³-hybridized carbons (Fsp3) is 0.771. The highest BCUT2D eigenvalue weighted by Crippen LogP contribution is 2.57. The van der Waals surface area contributed by atoms with Crippen molar-refractivity contribution in [2.75, 3.05) is 6.23 Å². The second-order valence-corrected chi connectivity index (χ2v) is 64.9. The summed E-state index contributed by atoms with van der Waals surface area (Å²) in [5, 5.41) is 0.0968. The van der Waals surface area contributed by atoms with Crippen molar-refractivity contribution in [2.24, 2.45) is 0 Å². The van der Waals surface area contributed by atoms with E-state index in [1.165, 1.54) is 0 Å². The van der Waals surface area contributed by atoms with Crippen LogP contribution in [0.15, 0.2) is 5.38 Å². The van der Waals surface area contributed by atoms with Crippen LogP contribution in [0.5, 0.6) is 28.7 Å². The van der Waals surface area contributed by atoms with Gasteiger partial charge in [-0.15, -0.1) is 0 Å². The predicted octanol–water partition coefficient (Wildman–Crippen LogP) is 3.81. The van der Waals surface area contributed by atoms with Crippen LogP contribution in [0.2, 0.25) is 136 Å². The Balaban J connectivity index is 5.02. The van der Waals surface area contributed by atoms with E-state index in [9.17, 15) is 0 Å². The van der Waals surface area contributed by atoms with E-state index in [1.54, 1.807) is 0 Å². The van der Waals surface area contributed by atoms with Gasteiger partial charge in [-0.3, -0.25) is 0 Å². The quantitative estimate of drug-likeness (QED) is 0.0686. The van der Waals surface area contributed by atoms with E-state index in [0.29, 0.717) is 93.6 Å². The monoisotopic (exact) mass is 1160 g/mol. The zero-order valence-corrected chi connectivity index (χ0v) is 65.8. The molecule has 0 heterocycles. The summed E-state index contributed by atoms with van der Waals surface area (Å²) >= 11 is 0. The maximum absolute atomic E-state index is 8.25. The second-order valence-electron chi connectivity index (χ2n) is 23.5. The minimum Gasteiger partial charge on any atom is -0.550 e. The molecular weight excluding hydrogens is 1070 g/mol. The minimum atomic E-state index is -3.51. The van der Waals surface area contributed by atoms with Crippen molar-refractivity contribution in [3.05, 3.63) is 10.9 Å². The second kappa shape index (κ2) is 23.6. The molecule has 1 unspecified atom stereocenters. The molecule has 1 rings (SSSR count).